The summed E-state index contributed by atoms with van der Waals surface area (Å²) in [5.41, 5.74) is 0.789. The number of thiophene rings is 1. The summed E-state index contributed by atoms with van der Waals surface area (Å²) in [7, 11) is 1.88. The first kappa shape index (κ1) is 20.1. The number of hydrogen-bond donors (Lipinski definition) is 2. The second-order valence-electron chi connectivity index (χ2n) is 5.97. The summed E-state index contributed by atoms with van der Waals surface area (Å²) < 4.78 is 1.89. The van der Waals surface area contributed by atoms with E-state index in [-0.39, 0.29) is 0 Å². The summed E-state index contributed by atoms with van der Waals surface area (Å²) in [6, 6.07) is 12.9. The molecule has 0 aliphatic carbocycles. The van der Waals surface area contributed by atoms with Gasteiger partial charge in [-0.3, -0.25) is 10.1 Å². The first-order valence-corrected chi connectivity index (χ1v) is 10.5. The van der Waals surface area contributed by atoms with Crippen LogP contribution in [0.5, 0.6) is 0 Å². The Kier molecular flexibility index (Phi) is 6.83. The molecule has 0 saturated carbocycles. The van der Waals surface area contributed by atoms with E-state index in [4.69, 9.17) is 0 Å². The standard InChI is InChI=1S/C19H21N5O2S2/c1-3-20-18(26)21-17(25)16(13-8-5-4-6-9-13)28-19-23-22-15(24(19)2)12-14-10-7-11-27-14/h4-11,16H,3,12H2,1-2H3,(H2,20,21,25,26)/t16-/m1/s1. The maximum absolute atomic E-state index is 12.8. The van der Waals surface area contributed by atoms with E-state index in [1.54, 1.807) is 18.3 Å². The molecule has 0 fully saturated rings. The molecule has 7 nitrogen and oxygen atoms in total. The van der Waals surface area contributed by atoms with Crippen LogP contribution < -0.4 is 10.6 Å². The monoisotopic (exact) mass is 415 g/mol. The predicted octanol–water partition coefficient (Wildman–Crippen LogP) is 3.15. The third-order valence-electron chi connectivity index (χ3n) is 3.98. The Bertz CT molecular complexity index is 925. The lowest BCUT2D eigenvalue weighted by Crippen LogP contribution is -2.41. The van der Waals surface area contributed by atoms with E-state index in [0.717, 1.165) is 11.4 Å². The molecule has 0 saturated heterocycles. The van der Waals surface area contributed by atoms with Gasteiger partial charge in [-0.25, -0.2) is 4.79 Å². The highest BCUT2D eigenvalue weighted by atomic mass is 32.2. The Morgan fingerprint density at radius 2 is 1.96 bits per heavy atom. The molecule has 3 aromatic rings. The van der Waals surface area contributed by atoms with Gasteiger partial charge >= 0.3 is 6.03 Å². The molecule has 0 spiro atoms. The Morgan fingerprint density at radius 3 is 2.64 bits per heavy atom. The maximum Gasteiger partial charge on any atom is 0.321 e. The van der Waals surface area contributed by atoms with Crippen LogP contribution in [0.3, 0.4) is 0 Å². The number of urea groups is 1. The van der Waals surface area contributed by atoms with Crippen LogP contribution in [-0.4, -0.2) is 33.2 Å². The zero-order valence-electron chi connectivity index (χ0n) is 15.6. The van der Waals surface area contributed by atoms with Gasteiger partial charge in [-0.1, -0.05) is 48.2 Å². The zero-order valence-corrected chi connectivity index (χ0v) is 17.2. The number of aromatic nitrogens is 3. The number of rotatable bonds is 7. The van der Waals surface area contributed by atoms with Crippen LogP contribution in [0.2, 0.25) is 0 Å². The molecular weight excluding hydrogens is 394 g/mol. The number of carbonyl (C=O) groups is 2. The lowest BCUT2D eigenvalue weighted by molar-refractivity contribution is -0.119. The lowest BCUT2D eigenvalue weighted by atomic mass is 10.1. The van der Waals surface area contributed by atoms with E-state index in [0.29, 0.717) is 18.1 Å². The normalized spacial score (nSPS) is 11.8. The molecule has 0 bridgehead atoms. The largest absolute Gasteiger partial charge is 0.338 e. The average Bonchev–Trinajstić information content (AvgIpc) is 3.32. The Hall–Kier alpha value is -2.65. The molecular formula is C19H21N5O2S2. The van der Waals surface area contributed by atoms with Gasteiger partial charge in [0, 0.05) is 24.9 Å². The van der Waals surface area contributed by atoms with Gasteiger partial charge in [0.25, 0.3) is 0 Å². The Balaban J connectivity index is 1.80. The van der Waals surface area contributed by atoms with E-state index >= 15 is 0 Å². The van der Waals surface area contributed by atoms with Crippen LogP contribution in [0.25, 0.3) is 0 Å². The summed E-state index contributed by atoms with van der Waals surface area (Å²) in [5.74, 6) is 0.422. The van der Waals surface area contributed by atoms with Gasteiger partial charge in [0.15, 0.2) is 5.16 Å². The second-order valence-corrected chi connectivity index (χ2v) is 8.08. The summed E-state index contributed by atoms with van der Waals surface area (Å²) in [6.07, 6.45) is 0.683. The van der Waals surface area contributed by atoms with Crippen molar-refractivity contribution in [2.75, 3.05) is 6.54 Å². The zero-order chi connectivity index (χ0) is 19.9. The highest BCUT2D eigenvalue weighted by molar-refractivity contribution is 8.00. The third-order valence-corrected chi connectivity index (χ3v) is 6.14. The smallest absolute Gasteiger partial charge is 0.321 e. The van der Waals surface area contributed by atoms with Crippen LogP contribution in [0.4, 0.5) is 4.79 Å². The van der Waals surface area contributed by atoms with Gasteiger partial charge in [0.05, 0.1) is 0 Å². The van der Waals surface area contributed by atoms with Crippen LogP contribution in [-0.2, 0) is 18.3 Å². The van der Waals surface area contributed by atoms with Crippen molar-refractivity contribution in [2.24, 2.45) is 7.05 Å². The van der Waals surface area contributed by atoms with E-state index in [9.17, 15) is 9.59 Å². The molecule has 9 heteroatoms. The summed E-state index contributed by atoms with van der Waals surface area (Å²) in [5, 5.41) is 15.5. The molecule has 2 heterocycles. The summed E-state index contributed by atoms with van der Waals surface area (Å²) in [4.78, 5) is 25.8. The first-order chi connectivity index (χ1) is 13.6. The second kappa shape index (κ2) is 9.52. The average molecular weight is 416 g/mol. The molecule has 1 atom stereocenters. The highest BCUT2D eigenvalue weighted by Crippen LogP contribution is 2.34. The number of benzene rings is 1. The molecule has 0 radical (unpaired) electrons. The van der Waals surface area contributed by atoms with Crippen LogP contribution >= 0.6 is 23.1 Å². The van der Waals surface area contributed by atoms with Crippen molar-refractivity contribution in [3.8, 4) is 0 Å². The molecule has 2 N–H and O–H groups in total. The van der Waals surface area contributed by atoms with Gasteiger partial charge < -0.3 is 9.88 Å². The molecule has 3 amide bonds. The molecule has 0 unspecified atom stereocenters. The maximum atomic E-state index is 12.8. The van der Waals surface area contributed by atoms with E-state index in [1.165, 1.54) is 16.6 Å². The molecule has 2 aromatic heterocycles. The van der Waals surface area contributed by atoms with Crippen LogP contribution in [0, 0.1) is 0 Å². The minimum absolute atomic E-state index is 0.398. The number of amides is 3. The number of nitrogens with zero attached hydrogens (tertiary/aromatic N) is 3. The van der Waals surface area contributed by atoms with Gasteiger partial charge in [0.1, 0.15) is 11.1 Å². The van der Waals surface area contributed by atoms with Gasteiger partial charge in [0.2, 0.25) is 5.91 Å². The molecule has 1 aromatic carbocycles. The van der Waals surface area contributed by atoms with Gasteiger partial charge in [-0.2, -0.15) is 0 Å². The Labute approximate surface area is 171 Å². The Morgan fingerprint density at radius 1 is 1.18 bits per heavy atom. The summed E-state index contributed by atoms with van der Waals surface area (Å²) >= 11 is 2.94. The van der Waals surface area contributed by atoms with Crippen LogP contribution in [0.15, 0.2) is 53.0 Å². The number of hydrogen-bond acceptors (Lipinski definition) is 6. The molecule has 0 aliphatic rings. The van der Waals surface area contributed by atoms with Crippen molar-refractivity contribution in [2.45, 2.75) is 23.8 Å². The van der Waals surface area contributed by atoms with Crippen molar-refractivity contribution in [1.82, 2.24) is 25.4 Å². The van der Waals surface area contributed by atoms with Crippen molar-refractivity contribution < 1.29 is 9.59 Å². The first-order valence-electron chi connectivity index (χ1n) is 8.79. The van der Waals surface area contributed by atoms with E-state index in [2.05, 4.69) is 26.9 Å². The molecule has 0 aliphatic heterocycles. The van der Waals surface area contributed by atoms with Gasteiger partial charge in [-0.05, 0) is 23.9 Å². The predicted molar refractivity (Wildman–Crippen MR) is 110 cm³/mol. The molecule has 3 rings (SSSR count). The fourth-order valence-corrected chi connectivity index (χ4v) is 4.28. The van der Waals surface area contributed by atoms with E-state index < -0.39 is 17.2 Å². The topological polar surface area (TPSA) is 88.9 Å². The minimum Gasteiger partial charge on any atom is -0.338 e. The lowest BCUT2D eigenvalue weighted by Gasteiger charge is -2.16. The SMILES string of the molecule is CCNC(=O)NC(=O)[C@H](Sc1nnc(Cc2cccs2)n1C)c1ccccc1. The minimum atomic E-state index is -0.624. The van der Waals surface area contributed by atoms with Crippen molar-refractivity contribution >= 4 is 35.0 Å². The van der Waals surface area contributed by atoms with Crippen LogP contribution in [0.1, 0.15) is 28.4 Å². The molecule has 146 valence electrons. The number of imide groups is 1. The van der Waals surface area contributed by atoms with Crippen molar-refractivity contribution in [3.05, 3.63) is 64.1 Å². The molecule has 28 heavy (non-hydrogen) atoms. The van der Waals surface area contributed by atoms with E-state index in [1.807, 2.05) is 53.4 Å². The fraction of sp³-hybridized carbons (Fsp3) is 0.263. The highest BCUT2D eigenvalue weighted by Gasteiger charge is 2.26. The quantitative estimate of drug-likeness (QED) is 0.579. The summed E-state index contributed by atoms with van der Waals surface area (Å²) in [6.45, 7) is 2.24. The number of carbonyl (C=O) groups excluding carboxylic acids is 2. The third kappa shape index (κ3) is 4.99. The number of thioether (sulfide) groups is 1. The fourth-order valence-electron chi connectivity index (χ4n) is 2.56. The van der Waals surface area contributed by atoms with Gasteiger partial charge in [-0.15, -0.1) is 21.5 Å². The number of nitrogens with one attached hydrogen (secondary N) is 2. The van der Waals surface area contributed by atoms with Crippen molar-refractivity contribution in [3.63, 3.8) is 0 Å². The van der Waals surface area contributed by atoms with Crippen molar-refractivity contribution in [1.29, 1.82) is 0 Å².